The Kier molecular flexibility index (Phi) is 8.10. The molecule has 0 saturated heterocycles. The first kappa shape index (κ1) is 28.3. The Balaban J connectivity index is 1.59. The molecule has 4 aromatic carbocycles. The third-order valence-corrected chi connectivity index (χ3v) is 7.99. The van der Waals surface area contributed by atoms with Crippen molar-refractivity contribution in [3.8, 4) is 22.6 Å². The molecule has 210 valence electrons. The minimum atomic E-state index is -4.56. The summed E-state index contributed by atoms with van der Waals surface area (Å²) in [4.78, 5) is 4.33. The number of para-hydroxylation sites is 1. The SMILES string of the molecule is CCCNS(=O)(=O)c1cccc(Oc2cccc(-c3c(Cc4ccccc4)cnc4c(C(F)(F)F)cccc34)c2)c1. The van der Waals surface area contributed by atoms with Crippen molar-refractivity contribution >= 4 is 20.9 Å². The van der Waals surface area contributed by atoms with Gasteiger partial charge in [-0.3, -0.25) is 4.98 Å². The van der Waals surface area contributed by atoms with Crippen molar-refractivity contribution in [2.45, 2.75) is 30.8 Å². The lowest BCUT2D eigenvalue weighted by molar-refractivity contribution is -0.136. The Morgan fingerprint density at radius 2 is 1.56 bits per heavy atom. The van der Waals surface area contributed by atoms with Gasteiger partial charge in [-0.05, 0) is 65.4 Å². The minimum absolute atomic E-state index is 0.0737. The Hall–Kier alpha value is -4.21. The largest absolute Gasteiger partial charge is 0.457 e. The average Bonchev–Trinajstić information content (AvgIpc) is 2.96. The van der Waals surface area contributed by atoms with Gasteiger partial charge in [0.2, 0.25) is 10.0 Å². The van der Waals surface area contributed by atoms with Crippen molar-refractivity contribution < 1.29 is 26.3 Å². The van der Waals surface area contributed by atoms with Crippen molar-refractivity contribution in [3.63, 3.8) is 0 Å². The number of aromatic nitrogens is 1. The monoisotopic (exact) mass is 576 g/mol. The number of hydrogen-bond acceptors (Lipinski definition) is 4. The third-order valence-electron chi connectivity index (χ3n) is 6.54. The van der Waals surface area contributed by atoms with Gasteiger partial charge >= 0.3 is 6.18 Å². The fourth-order valence-corrected chi connectivity index (χ4v) is 5.83. The molecule has 0 aliphatic carbocycles. The molecule has 41 heavy (non-hydrogen) atoms. The molecule has 1 aromatic heterocycles. The van der Waals surface area contributed by atoms with Gasteiger partial charge in [0.25, 0.3) is 0 Å². The highest BCUT2D eigenvalue weighted by Crippen LogP contribution is 2.40. The summed E-state index contributed by atoms with van der Waals surface area (Å²) in [5.74, 6) is 0.714. The Morgan fingerprint density at radius 1 is 0.854 bits per heavy atom. The van der Waals surface area contributed by atoms with Gasteiger partial charge in [0.15, 0.2) is 0 Å². The second kappa shape index (κ2) is 11.7. The number of nitrogens with one attached hydrogen (secondary N) is 1. The number of hydrogen-bond donors (Lipinski definition) is 1. The van der Waals surface area contributed by atoms with E-state index in [1.54, 1.807) is 36.4 Å². The molecule has 0 aliphatic heterocycles. The molecule has 0 saturated carbocycles. The van der Waals surface area contributed by atoms with Gasteiger partial charge in [-0.1, -0.05) is 67.6 Å². The maximum absolute atomic E-state index is 13.9. The van der Waals surface area contributed by atoms with Gasteiger partial charge in [0, 0.05) is 24.2 Å². The number of benzene rings is 4. The number of pyridine rings is 1. The van der Waals surface area contributed by atoms with Crippen LogP contribution in [0.25, 0.3) is 22.0 Å². The van der Waals surface area contributed by atoms with Crippen molar-refractivity contribution in [2.24, 2.45) is 0 Å². The summed E-state index contributed by atoms with van der Waals surface area (Å²) in [6, 6.07) is 26.9. The van der Waals surface area contributed by atoms with Crippen LogP contribution in [-0.4, -0.2) is 19.9 Å². The summed E-state index contributed by atoms with van der Waals surface area (Å²) in [6.07, 6.45) is -1.94. The predicted molar refractivity (Wildman–Crippen MR) is 153 cm³/mol. The van der Waals surface area contributed by atoms with Crippen molar-refractivity contribution in [2.75, 3.05) is 6.54 Å². The fraction of sp³-hybridized carbons (Fsp3) is 0.156. The molecule has 0 fully saturated rings. The predicted octanol–water partition coefficient (Wildman–Crippen LogP) is 7.99. The maximum Gasteiger partial charge on any atom is 0.418 e. The molecule has 0 bridgehead atoms. The molecular formula is C32H27F3N2O3S. The molecule has 5 rings (SSSR count). The first-order valence-corrected chi connectivity index (χ1v) is 14.5. The van der Waals surface area contributed by atoms with Gasteiger partial charge in [-0.15, -0.1) is 0 Å². The van der Waals surface area contributed by atoms with E-state index in [2.05, 4.69) is 9.71 Å². The molecule has 9 heteroatoms. The zero-order chi connectivity index (χ0) is 29.0. The molecule has 0 atom stereocenters. The lowest BCUT2D eigenvalue weighted by Gasteiger charge is -2.17. The summed E-state index contributed by atoms with van der Waals surface area (Å²) in [6.45, 7) is 2.19. The lowest BCUT2D eigenvalue weighted by Crippen LogP contribution is -2.24. The number of alkyl halides is 3. The molecule has 5 nitrogen and oxygen atoms in total. The van der Waals surface area contributed by atoms with E-state index in [1.807, 2.05) is 43.3 Å². The molecule has 1 heterocycles. The summed E-state index contributed by atoms with van der Waals surface area (Å²) >= 11 is 0. The average molecular weight is 577 g/mol. The molecule has 5 aromatic rings. The second-order valence-electron chi connectivity index (χ2n) is 9.52. The van der Waals surface area contributed by atoms with Crippen LogP contribution in [0.5, 0.6) is 11.5 Å². The van der Waals surface area contributed by atoms with Crippen molar-refractivity contribution in [1.29, 1.82) is 0 Å². The topological polar surface area (TPSA) is 68.3 Å². The highest BCUT2D eigenvalue weighted by atomic mass is 32.2. The van der Waals surface area contributed by atoms with Crippen LogP contribution in [0.3, 0.4) is 0 Å². The van der Waals surface area contributed by atoms with Gasteiger partial charge in [-0.25, -0.2) is 13.1 Å². The third kappa shape index (κ3) is 6.42. The molecule has 0 aliphatic rings. The molecule has 0 spiro atoms. The molecule has 0 amide bonds. The smallest absolute Gasteiger partial charge is 0.418 e. The van der Waals surface area contributed by atoms with E-state index in [9.17, 15) is 21.6 Å². The summed E-state index contributed by atoms with van der Waals surface area (Å²) in [7, 11) is -3.69. The van der Waals surface area contributed by atoms with Crippen LogP contribution in [0.4, 0.5) is 13.2 Å². The van der Waals surface area contributed by atoms with Crippen LogP contribution < -0.4 is 9.46 Å². The quantitative estimate of drug-likeness (QED) is 0.193. The maximum atomic E-state index is 13.9. The Labute approximate surface area is 236 Å². The zero-order valence-electron chi connectivity index (χ0n) is 22.2. The molecule has 0 unspecified atom stereocenters. The van der Waals surface area contributed by atoms with E-state index >= 15 is 0 Å². The van der Waals surface area contributed by atoms with E-state index in [0.29, 0.717) is 47.4 Å². The van der Waals surface area contributed by atoms with Gasteiger partial charge in [-0.2, -0.15) is 13.2 Å². The summed E-state index contributed by atoms with van der Waals surface area (Å²) in [5.41, 5.74) is 2.09. The molecule has 0 radical (unpaired) electrons. The summed E-state index contributed by atoms with van der Waals surface area (Å²) in [5, 5.41) is 0.375. The number of fused-ring (bicyclic) bond motifs is 1. The first-order valence-electron chi connectivity index (χ1n) is 13.1. The molecular weight excluding hydrogens is 549 g/mol. The van der Waals surface area contributed by atoms with Gasteiger partial charge < -0.3 is 4.74 Å². The van der Waals surface area contributed by atoms with Gasteiger partial charge in [0.1, 0.15) is 11.5 Å². The normalized spacial score (nSPS) is 12.0. The molecule has 1 N–H and O–H groups in total. The lowest BCUT2D eigenvalue weighted by atomic mass is 9.92. The van der Waals surface area contributed by atoms with E-state index in [0.717, 1.165) is 17.2 Å². The Bertz CT molecular complexity index is 1790. The Morgan fingerprint density at radius 3 is 2.29 bits per heavy atom. The van der Waals surface area contributed by atoms with E-state index in [-0.39, 0.29) is 10.4 Å². The minimum Gasteiger partial charge on any atom is -0.457 e. The highest BCUT2D eigenvalue weighted by molar-refractivity contribution is 7.89. The van der Waals surface area contributed by atoms with Crippen LogP contribution in [0.2, 0.25) is 0 Å². The number of rotatable bonds is 9. The number of ether oxygens (including phenoxy) is 1. The number of halogens is 3. The fourth-order valence-electron chi connectivity index (χ4n) is 4.66. The van der Waals surface area contributed by atoms with Crippen molar-refractivity contribution in [3.05, 3.63) is 120 Å². The zero-order valence-corrected chi connectivity index (χ0v) is 23.0. The van der Waals surface area contributed by atoms with E-state index in [4.69, 9.17) is 4.74 Å². The summed E-state index contributed by atoms with van der Waals surface area (Å²) < 4.78 is 75.4. The second-order valence-corrected chi connectivity index (χ2v) is 11.3. The van der Waals surface area contributed by atoms with Crippen LogP contribution >= 0.6 is 0 Å². The van der Waals surface area contributed by atoms with Crippen LogP contribution in [0, 0.1) is 0 Å². The number of sulfonamides is 1. The first-order chi connectivity index (χ1) is 19.7. The van der Waals surface area contributed by atoms with E-state index < -0.39 is 21.8 Å². The van der Waals surface area contributed by atoms with E-state index in [1.165, 1.54) is 24.4 Å². The van der Waals surface area contributed by atoms with Gasteiger partial charge in [0.05, 0.1) is 16.0 Å². The standard InChI is InChI=1S/C32H27F3N2O3S/c1-2-17-37-41(38,39)27-14-7-13-26(20-27)40-25-12-6-11-23(19-25)30-24(18-22-9-4-3-5-10-22)21-36-31-28(30)15-8-16-29(31)32(33,34)35/h3-16,19-21,37H,2,17-18H2,1H3. The highest BCUT2D eigenvalue weighted by Gasteiger charge is 2.33. The number of nitrogens with zero attached hydrogens (tertiary/aromatic N) is 1. The van der Waals surface area contributed by atoms with Crippen molar-refractivity contribution in [1.82, 2.24) is 9.71 Å². The van der Waals surface area contributed by atoms with Crippen LogP contribution in [-0.2, 0) is 22.6 Å². The van der Waals surface area contributed by atoms with Crippen LogP contribution in [0.1, 0.15) is 30.0 Å². The van der Waals surface area contributed by atoms with Crippen LogP contribution in [0.15, 0.2) is 108 Å².